The number of rotatable bonds is 7. The molecular formula is C20H30N4O2. The zero-order valence-electron chi connectivity index (χ0n) is 15.6. The molecule has 1 aromatic carbocycles. The predicted octanol–water partition coefficient (Wildman–Crippen LogP) is 1.04. The van der Waals surface area contributed by atoms with E-state index in [0.29, 0.717) is 31.8 Å². The third kappa shape index (κ3) is 5.05. The predicted molar refractivity (Wildman–Crippen MR) is 101 cm³/mol. The normalized spacial score (nSPS) is 21.2. The smallest absolute Gasteiger partial charge is 0.227 e. The van der Waals surface area contributed by atoms with Gasteiger partial charge in [-0.05, 0) is 30.7 Å². The number of benzene rings is 1. The van der Waals surface area contributed by atoms with Gasteiger partial charge in [-0.1, -0.05) is 30.3 Å². The standard InChI is InChI=1S/C20H30N4O2/c1-23(11-9-17-13-21-22-14-17)20(26)18-7-8-19(25)24(15-18)12-10-16-5-3-2-4-6-16/h2-6,17-18,21-22H,7-15H2,1H3. The molecule has 2 N–H and O–H groups in total. The largest absolute Gasteiger partial charge is 0.345 e. The maximum atomic E-state index is 12.8. The van der Waals surface area contributed by atoms with Crippen LogP contribution in [0.2, 0.25) is 0 Å². The highest BCUT2D eigenvalue weighted by Gasteiger charge is 2.31. The zero-order chi connectivity index (χ0) is 18.4. The lowest BCUT2D eigenvalue weighted by molar-refractivity contribution is -0.142. The van der Waals surface area contributed by atoms with Crippen LogP contribution in [0.4, 0.5) is 0 Å². The van der Waals surface area contributed by atoms with Gasteiger partial charge in [-0.2, -0.15) is 0 Å². The zero-order valence-corrected chi connectivity index (χ0v) is 15.6. The highest BCUT2D eigenvalue weighted by Crippen LogP contribution is 2.20. The number of likely N-dealkylation sites (tertiary alicyclic amines) is 1. The second-order valence-electron chi connectivity index (χ2n) is 7.49. The van der Waals surface area contributed by atoms with Crippen LogP contribution in [0.5, 0.6) is 0 Å². The molecule has 2 amide bonds. The van der Waals surface area contributed by atoms with E-state index in [1.54, 1.807) is 0 Å². The van der Waals surface area contributed by atoms with Crippen molar-refractivity contribution in [1.29, 1.82) is 0 Å². The van der Waals surface area contributed by atoms with Gasteiger partial charge in [0.2, 0.25) is 11.8 Å². The summed E-state index contributed by atoms with van der Waals surface area (Å²) in [5.41, 5.74) is 7.48. The van der Waals surface area contributed by atoms with Crippen molar-refractivity contribution in [2.75, 3.05) is 39.8 Å². The molecular weight excluding hydrogens is 328 g/mol. The second kappa shape index (κ2) is 9.14. The molecule has 0 aliphatic carbocycles. The first kappa shape index (κ1) is 18.9. The molecule has 1 atom stereocenters. The Hall–Kier alpha value is -1.92. The highest BCUT2D eigenvalue weighted by molar-refractivity contribution is 5.83. The summed E-state index contributed by atoms with van der Waals surface area (Å²) in [7, 11) is 1.89. The number of nitrogens with one attached hydrogen (secondary N) is 2. The summed E-state index contributed by atoms with van der Waals surface area (Å²) < 4.78 is 0. The molecule has 0 spiro atoms. The number of hydrogen-bond acceptors (Lipinski definition) is 4. The van der Waals surface area contributed by atoms with Crippen LogP contribution >= 0.6 is 0 Å². The molecule has 6 heteroatoms. The van der Waals surface area contributed by atoms with Crippen LogP contribution in [0.1, 0.15) is 24.8 Å². The van der Waals surface area contributed by atoms with E-state index in [1.165, 1.54) is 5.56 Å². The van der Waals surface area contributed by atoms with Crippen LogP contribution in [-0.4, -0.2) is 61.4 Å². The average Bonchev–Trinajstić information content (AvgIpc) is 3.19. The number of nitrogens with zero attached hydrogens (tertiary/aromatic N) is 2. The lowest BCUT2D eigenvalue weighted by Gasteiger charge is -2.34. The van der Waals surface area contributed by atoms with Gasteiger partial charge in [0.1, 0.15) is 0 Å². The lowest BCUT2D eigenvalue weighted by atomic mass is 9.95. The Morgan fingerprint density at radius 2 is 1.96 bits per heavy atom. The summed E-state index contributed by atoms with van der Waals surface area (Å²) in [5, 5.41) is 0. The van der Waals surface area contributed by atoms with Crippen molar-refractivity contribution in [2.24, 2.45) is 11.8 Å². The molecule has 0 aromatic heterocycles. The van der Waals surface area contributed by atoms with Crippen LogP contribution in [0, 0.1) is 11.8 Å². The van der Waals surface area contributed by atoms with Crippen molar-refractivity contribution in [3.05, 3.63) is 35.9 Å². The molecule has 26 heavy (non-hydrogen) atoms. The van der Waals surface area contributed by atoms with E-state index in [4.69, 9.17) is 0 Å². The minimum absolute atomic E-state index is 0.0618. The molecule has 6 nitrogen and oxygen atoms in total. The first-order chi connectivity index (χ1) is 12.6. The third-order valence-corrected chi connectivity index (χ3v) is 5.52. The van der Waals surface area contributed by atoms with Crippen LogP contribution in [0.3, 0.4) is 0 Å². The summed E-state index contributed by atoms with van der Waals surface area (Å²) in [5.74, 6) is 0.880. The molecule has 2 heterocycles. The average molecular weight is 358 g/mol. The minimum Gasteiger partial charge on any atom is -0.345 e. The summed E-state index contributed by atoms with van der Waals surface area (Å²) in [6.07, 6.45) is 3.00. The van der Waals surface area contributed by atoms with Gasteiger partial charge < -0.3 is 9.80 Å². The monoisotopic (exact) mass is 358 g/mol. The number of amides is 2. The summed E-state index contributed by atoms with van der Waals surface area (Å²) in [6.45, 7) is 3.96. The van der Waals surface area contributed by atoms with E-state index < -0.39 is 0 Å². The Labute approximate surface area is 155 Å². The molecule has 2 saturated heterocycles. The third-order valence-electron chi connectivity index (χ3n) is 5.52. The fourth-order valence-electron chi connectivity index (χ4n) is 3.75. The Kier molecular flexibility index (Phi) is 6.63. The van der Waals surface area contributed by atoms with Gasteiger partial charge in [-0.3, -0.25) is 20.4 Å². The van der Waals surface area contributed by atoms with Crippen LogP contribution in [-0.2, 0) is 16.0 Å². The van der Waals surface area contributed by atoms with E-state index in [9.17, 15) is 9.59 Å². The summed E-state index contributed by atoms with van der Waals surface area (Å²) in [4.78, 5) is 28.8. The second-order valence-corrected chi connectivity index (χ2v) is 7.49. The summed E-state index contributed by atoms with van der Waals surface area (Å²) >= 11 is 0. The van der Waals surface area contributed by atoms with Crippen molar-refractivity contribution < 1.29 is 9.59 Å². The van der Waals surface area contributed by atoms with Gasteiger partial charge in [0, 0.05) is 46.2 Å². The van der Waals surface area contributed by atoms with Gasteiger partial charge >= 0.3 is 0 Å². The van der Waals surface area contributed by atoms with E-state index in [1.807, 2.05) is 35.0 Å². The minimum atomic E-state index is -0.0618. The van der Waals surface area contributed by atoms with Gasteiger partial charge in [-0.15, -0.1) is 0 Å². The van der Waals surface area contributed by atoms with E-state index >= 15 is 0 Å². The van der Waals surface area contributed by atoms with Crippen molar-refractivity contribution in [2.45, 2.75) is 25.7 Å². The first-order valence-electron chi connectivity index (χ1n) is 9.66. The van der Waals surface area contributed by atoms with E-state index in [-0.39, 0.29) is 17.7 Å². The molecule has 2 aliphatic rings. The Morgan fingerprint density at radius 3 is 2.69 bits per heavy atom. The highest BCUT2D eigenvalue weighted by atomic mass is 16.2. The van der Waals surface area contributed by atoms with Crippen molar-refractivity contribution in [3.63, 3.8) is 0 Å². The molecule has 0 saturated carbocycles. The molecule has 0 radical (unpaired) electrons. The maximum absolute atomic E-state index is 12.8. The van der Waals surface area contributed by atoms with Crippen molar-refractivity contribution >= 4 is 11.8 Å². The summed E-state index contributed by atoms with van der Waals surface area (Å²) in [6, 6.07) is 10.2. The van der Waals surface area contributed by atoms with Gasteiger partial charge in [0.05, 0.1) is 5.92 Å². The van der Waals surface area contributed by atoms with Crippen molar-refractivity contribution in [1.82, 2.24) is 20.7 Å². The Bertz CT molecular complexity index is 601. The lowest BCUT2D eigenvalue weighted by Crippen LogP contribution is -2.47. The quantitative estimate of drug-likeness (QED) is 0.764. The van der Waals surface area contributed by atoms with Crippen LogP contribution in [0.25, 0.3) is 0 Å². The Morgan fingerprint density at radius 1 is 1.23 bits per heavy atom. The SMILES string of the molecule is CN(CCC1CNNC1)C(=O)C1CCC(=O)N(CCc2ccccc2)C1. The molecule has 3 rings (SSSR count). The molecule has 2 aliphatic heterocycles. The van der Waals surface area contributed by atoms with E-state index in [2.05, 4.69) is 23.0 Å². The molecule has 1 aromatic rings. The fourth-order valence-corrected chi connectivity index (χ4v) is 3.75. The molecule has 2 fully saturated rings. The first-order valence-corrected chi connectivity index (χ1v) is 9.66. The topological polar surface area (TPSA) is 64.7 Å². The van der Waals surface area contributed by atoms with Gasteiger partial charge in [0.25, 0.3) is 0 Å². The number of carbonyl (C=O) groups is 2. The molecule has 142 valence electrons. The van der Waals surface area contributed by atoms with Crippen LogP contribution in [0.15, 0.2) is 30.3 Å². The number of hydrogen-bond donors (Lipinski definition) is 2. The molecule has 0 bridgehead atoms. The van der Waals surface area contributed by atoms with Gasteiger partial charge in [-0.25, -0.2) is 0 Å². The molecule has 1 unspecified atom stereocenters. The maximum Gasteiger partial charge on any atom is 0.227 e. The number of piperidine rings is 1. The van der Waals surface area contributed by atoms with Gasteiger partial charge in [0.15, 0.2) is 0 Å². The fraction of sp³-hybridized carbons (Fsp3) is 0.600. The van der Waals surface area contributed by atoms with Crippen LogP contribution < -0.4 is 10.9 Å². The number of hydrazine groups is 1. The Balaban J connectivity index is 1.47. The van der Waals surface area contributed by atoms with E-state index in [0.717, 1.165) is 32.5 Å². The number of carbonyl (C=O) groups excluding carboxylic acids is 2. The van der Waals surface area contributed by atoms with Crippen molar-refractivity contribution in [3.8, 4) is 0 Å².